The van der Waals surface area contributed by atoms with Gasteiger partial charge in [0, 0.05) is 10.4 Å². The summed E-state index contributed by atoms with van der Waals surface area (Å²) in [6.45, 7) is 6.82. The second-order valence-electron chi connectivity index (χ2n) is 8.31. The van der Waals surface area contributed by atoms with Crippen molar-refractivity contribution in [2.24, 2.45) is 5.92 Å². The predicted octanol–water partition coefficient (Wildman–Crippen LogP) is 9.02. The molecule has 2 atom stereocenters. The summed E-state index contributed by atoms with van der Waals surface area (Å²) < 4.78 is 0. The number of hydrogen-bond acceptors (Lipinski definition) is 3. The van der Waals surface area contributed by atoms with Gasteiger partial charge in [-0.25, -0.2) is 0 Å². The monoisotopic (exact) mass is 420 g/mol. The van der Waals surface area contributed by atoms with Gasteiger partial charge in [-0.2, -0.15) is 0 Å². The van der Waals surface area contributed by atoms with E-state index in [0.717, 1.165) is 25.7 Å². The summed E-state index contributed by atoms with van der Waals surface area (Å²) in [5.41, 5.74) is 0.502. The number of aliphatic hydroxyl groups is 1. The molecule has 2 rings (SSSR count). The van der Waals surface area contributed by atoms with Gasteiger partial charge in [-0.3, -0.25) is 0 Å². The third kappa shape index (κ3) is 7.00. The molecule has 3 heteroatoms. The summed E-state index contributed by atoms with van der Waals surface area (Å²) in [6, 6.07) is 6.51. The second kappa shape index (κ2) is 12.8. The van der Waals surface area contributed by atoms with Crippen LogP contribution < -0.4 is 0 Å². The fourth-order valence-electron chi connectivity index (χ4n) is 4.24. The molecule has 0 aromatic carbocycles. The van der Waals surface area contributed by atoms with E-state index >= 15 is 0 Å². The first-order valence-corrected chi connectivity index (χ1v) is 13.2. The zero-order chi connectivity index (χ0) is 20.2. The lowest BCUT2D eigenvalue weighted by atomic mass is 9.78. The van der Waals surface area contributed by atoms with Crippen molar-refractivity contribution in [2.45, 2.75) is 103 Å². The molecule has 0 bridgehead atoms. The van der Waals surface area contributed by atoms with Gasteiger partial charge >= 0.3 is 0 Å². The summed E-state index contributed by atoms with van der Waals surface area (Å²) in [5.74, 6) is 0.612. The number of unbranched alkanes of at least 4 members (excludes halogenated alkanes) is 6. The Morgan fingerprint density at radius 2 is 1.64 bits per heavy atom. The molecule has 2 heterocycles. The van der Waals surface area contributed by atoms with Crippen molar-refractivity contribution in [1.82, 2.24) is 0 Å². The van der Waals surface area contributed by atoms with Gasteiger partial charge in [0.15, 0.2) is 0 Å². The Balaban J connectivity index is 2.15. The number of thiophene rings is 2. The van der Waals surface area contributed by atoms with Crippen molar-refractivity contribution in [1.29, 1.82) is 0 Å². The van der Waals surface area contributed by atoms with Crippen LogP contribution in [0.1, 0.15) is 103 Å². The molecule has 2 aromatic heterocycles. The van der Waals surface area contributed by atoms with Gasteiger partial charge in [0.25, 0.3) is 0 Å². The van der Waals surface area contributed by atoms with E-state index < -0.39 is 5.60 Å². The maximum Gasteiger partial charge on any atom is 0.0913 e. The van der Waals surface area contributed by atoms with Crippen molar-refractivity contribution < 1.29 is 5.11 Å². The Bertz CT molecular complexity index is 631. The summed E-state index contributed by atoms with van der Waals surface area (Å²) in [6.07, 6.45) is 14.4. The molecule has 2 unspecified atom stereocenters. The topological polar surface area (TPSA) is 20.2 Å². The minimum absolute atomic E-state index is 0.612. The lowest BCUT2D eigenvalue weighted by Gasteiger charge is -2.33. The van der Waals surface area contributed by atoms with Crippen LogP contribution in [-0.4, -0.2) is 5.11 Å². The largest absolute Gasteiger partial charge is 0.385 e. The van der Waals surface area contributed by atoms with Crippen molar-refractivity contribution in [2.75, 3.05) is 0 Å². The third-order valence-corrected chi connectivity index (χ3v) is 7.99. The normalized spacial score (nSPS) is 14.9. The van der Waals surface area contributed by atoms with Crippen molar-refractivity contribution in [3.8, 4) is 9.75 Å². The Labute approximate surface area is 181 Å². The molecule has 28 heavy (non-hydrogen) atoms. The van der Waals surface area contributed by atoms with Crippen LogP contribution >= 0.6 is 22.7 Å². The van der Waals surface area contributed by atoms with Crippen LogP contribution in [-0.2, 0) is 5.60 Å². The zero-order valence-corrected chi connectivity index (χ0v) is 19.8. The maximum absolute atomic E-state index is 12.0. The van der Waals surface area contributed by atoms with Crippen LogP contribution in [0.15, 0.2) is 29.0 Å². The summed E-state index contributed by atoms with van der Waals surface area (Å²) >= 11 is 3.57. The van der Waals surface area contributed by atoms with E-state index in [0.29, 0.717) is 5.92 Å². The van der Waals surface area contributed by atoms with Gasteiger partial charge in [0.1, 0.15) is 0 Å². The summed E-state index contributed by atoms with van der Waals surface area (Å²) in [7, 11) is 0. The molecule has 0 saturated heterocycles. The predicted molar refractivity (Wildman–Crippen MR) is 127 cm³/mol. The van der Waals surface area contributed by atoms with Crippen LogP contribution in [0.2, 0.25) is 0 Å². The minimum Gasteiger partial charge on any atom is -0.385 e. The first kappa shape index (κ1) is 23.6. The van der Waals surface area contributed by atoms with E-state index in [2.05, 4.69) is 49.7 Å². The van der Waals surface area contributed by atoms with Gasteiger partial charge in [-0.15, -0.1) is 22.7 Å². The van der Waals surface area contributed by atoms with Crippen molar-refractivity contribution in [3.05, 3.63) is 34.5 Å². The highest BCUT2D eigenvalue weighted by molar-refractivity contribution is 7.20. The molecule has 0 spiro atoms. The maximum atomic E-state index is 12.0. The molecule has 0 amide bonds. The van der Waals surface area contributed by atoms with Crippen molar-refractivity contribution >= 4 is 22.7 Å². The Morgan fingerprint density at radius 3 is 2.32 bits per heavy atom. The fraction of sp³-hybridized carbons (Fsp3) is 0.680. The first-order chi connectivity index (χ1) is 13.6. The van der Waals surface area contributed by atoms with Crippen LogP contribution in [0.5, 0.6) is 0 Å². The Morgan fingerprint density at radius 1 is 0.893 bits per heavy atom. The molecule has 1 N–H and O–H groups in total. The minimum atomic E-state index is -0.682. The van der Waals surface area contributed by atoms with Gasteiger partial charge in [-0.05, 0) is 41.7 Å². The first-order valence-electron chi connectivity index (χ1n) is 11.5. The molecule has 0 fully saturated rings. The molecular formula is C25H40OS2. The second-order valence-corrected chi connectivity index (χ2v) is 10.2. The molecule has 0 aliphatic rings. The van der Waals surface area contributed by atoms with Crippen LogP contribution in [0.4, 0.5) is 0 Å². The summed E-state index contributed by atoms with van der Waals surface area (Å²) in [5, 5.41) is 16.3. The zero-order valence-electron chi connectivity index (χ0n) is 18.2. The van der Waals surface area contributed by atoms with Gasteiger partial charge in [0.2, 0.25) is 0 Å². The molecule has 2 aromatic rings. The Hall–Kier alpha value is -0.640. The molecule has 158 valence electrons. The van der Waals surface area contributed by atoms with Gasteiger partial charge < -0.3 is 5.11 Å². The fourth-order valence-corrected chi connectivity index (χ4v) is 6.12. The van der Waals surface area contributed by atoms with Gasteiger partial charge in [0.05, 0.1) is 10.5 Å². The summed E-state index contributed by atoms with van der Waals surface area (Å²) in [4.78, 5) is 2.59. The van der Waals surface area contributed by atoms with E-state index in [-0.39, 0.29) is 0 Å². The molecular weight excluding hydrogens is 380 g/mol. The van der Waals surface area contributed by atoms with Crippen molar-refractivity contribution in [3.63, 3.8) is 0 Å². The van der Waals surface area contributed by atoms with E-state index in [4.69, 9.17) is 0 Å². The highest BCUT2D eigenvalue weighted by Crippen LogP contribution is 2.44. The molecule has 0 aliphatic heterocycles. The van der Waals surface area contributed by atoms with Crippen LogP contribution in [0.3, 0.4) is 0 Å². The lowest BCUT2D eigenvalue weighted by molar-refractivity contribution is -0.00120. The average molecular weight is 421 g/mol. The van der Waals surface area contributed by atoms with Crippen LogP contribution in [0, 0.1) is 5.92 Å². The highest BCUT2D eigenvalue weighted by atomic mass is 32.1. The van der Waals surface area contributed by atoms with Gasteiger partial charge in [-0.1, -0.05) is 91.0 Å². The molecule has 1 nitrogen and oxygen atoms in total. The van der Waals surface area contributed by atoms with Crippen LogP contribution in [0.25, 0.3) is 9.75 Å². The quantitative estimate of drug-likeness (QED) is 0.285. The Kier molecular flexibility index (Phi) is 10.8. The number of hydrogen-bond donors (Lipinski definition) is 1. The standard InChI is InChI=1S/C25H40OS2/c1-4-7-9-10-11-12-17-25(26,20-21(6-3)14-8-5-2)22-16-19-28-24(22)23-15-13-18-27-23/h13,15-16,18-19,21,26H,4-12,14,17,20H2,1-3H3. The molecule has 0 aliphatic carbocycles. The number of rotatable bonds is 15. The van der Waals surface area contributed by atoms with E-state index in [1.54, 1.807) is 22.7 Å². The van der Waals surface area contributed by atoms with E-state index in [1.165, 1.54) is 66.7 Å². The molecule has 0 saturated carbocycles. The SMILES string of the molecule is CCCCCCCCC(O)(CC(CC)CCCC)c1ccsc1-c1cccs1. The van der Waals surface area contributed by atoms with E-state index in [9.17, 15) is 5.11 Å². The third-order valence-electron chi connectivity index (χ3n) is 6.03. The van der Waals surface area contributed by atoms with E-state index in [1.807, 2.05) is 0 Å². The molecule has 0 radical (unpaired) electrons. The average Bonchev–Trinajstić information content (AvgIpc) is 3.39. The highest BCUT2D eigenvalue weighted by Gasteiger charge is 2.34. The smallest absolute Gasteiger partial charge is 0.0913 e. The lowest BCUT2D eigenvalue weighted by Crippen LogP contribution is -2.29.